The highest BCUT2D eigenvalue weighted by atomic mass is 19.1. The van der Waals surface area contributed by atoms with Crippen LogP contribution in [0.25, 0.3) is 0 Å². The third kappa shape index (κ3) is 1.80. The first kappa shape index (κ1) is 13.1. The summed E-state index contributed by atoms with van der Waals surface area (Å²) in [5, 5.41) is 18.6. The van der Waals surface area contributed by atoms with Crippen LogP contribution in [0.15, 0.2) is 15.0 Å². The molecule has 0 aromatic carbocycles. The van der Waals surface area contributed by atoms with E-state index in [-0.39, 0.29) is 11.8 Å². The number of hydrogen-bond donors (Lipinski definition) is 3. The van der Waals surface area contributed by atoms with Crippen molar-refractivity contribution in [3.05, 3.63) is 0 Å². The molecule has 1 saturated heterocycles. The van der Waals surface area contributed by atoms with Gasteiger partial charge in [-0.05, 0) is 0 Å². The molecule has 0 unspecified atom stereocenters. The number of rotatable bonds is 2. The van der Waals surface area contributed by atoms with E-state index in [1.54, 1.807) is 0 Å². The molecule has 1 fully saturated rings. The summed E-state index contributed by atoms with van der Waals surface area (Å²) in [5.41, 5.74) is 5.39. The van der Waals surface area contributed by atoms with Crippen molar-refractivity contribution in [2.75, 3.05) is 6.61 Å². The lowest BCUT2D eigenvalue weighted by atomic mass is 10.1. The van der Waals surface area contributed by atoms with Gasteiger partial charge in [0.15, 0.2) is 24.3 Å². The van der Waals surface area contributed by atoms with Gasteiger partial charge in [-0.15, -0.1) is 0 Å². The van der Waals surface area contributed by atoms with Crippen LogP contribution in [0.1, 0.15) is 0 Å². The monoisotopic (exact) mass is 285 g/mol. The second kappa shape index (κ2) is 4.58. The highest BCUT2D eigenvalue weighted by molar-refractivity contribution is 6.21. The molecule has 1 amide bonds. The predicted molar refractivity (Wildman–Crippen MR) is 64.8 cm³/mol. The minimum absolute atomic E-state index is 0.0981. The van der Waals surface area contributed by atoms with Gasteiger partial charge < -0.3 is 20.7 Å². The fourth-order valence-electron chi connectivity index (χ4n) is 2.29. The highest BCUT2D eigenvalue weighted by Crippen LogP contribution is 2.29. The number of amides is 1. The largest absolute Gasteiger partial charge is 0.394 e. The van der Waals surface area contributed by atoms with Crippen molar-refractivity contribution in [1.82, 2.24) is 4.90 Å². The molecule has 9 nitrogen and oxygen atoms in total. The predicted octanol–water partition coefficient (Wildman–Crippen LogP) is -2.63. The van der Waals surface area contributed by atoms with Crippen LogP contribution in [-0.2, 0) is 9.53 Å². The minimum atomic E-state index is -1.78. The normalized spacial score (nSPS) is 39.9. The van der Waals surface area contributed by atoms with Crippen molar-refractivity contribution in [3.63, 3.8) is 0 Å². The number of carbonyl (C=O) groups is 1. The first-order chi connectivity index (χ1) is 9.52. The Labute approximate surface area is 112 Å². The molecule has 0 bridgehead atoms. The fraction of sp³-hybridized carbons (Fsp3) is 0.600. The van der Waals surface area contributed by atoms with E-state index in [0.717, 1.165) is 0 Å². The number of fused-ring (bicyclic) bond motifs is 1. The van der Waals surface area contributed by atoms with Gasteiger partial charge in [0.25, 0.3) is 5.91 Å². The zero-order valence-corrected chi connectivity index (χ0v) is 10.1. The lowest BCUT2D eigenvalue weighted by Crippen LogP contribution is -2.48. The van der Waals surface area contributed by atoms with Crippen molar-refractivity contribution < 1.29 is 24.1 Å². The molecule has 0 saturated carbocycles. The van der Waals surface area contributed by atoms with Crippen molar-refractivity contribution in [2.24, 2.45) is 20.7 Å². The lowest BCUT2D eigenvalue weighted by Gasteiger charge is -2.26. The van der Waals surface area contributed by atoms with Crippen molar-refractivity contribution in [3.8, 4) is 0 Å². The number of amidine groups is 1. The van der Waals surface area contributed by atoms with Gasteiger partial charge in [-0.3, -0.25) is 14.7 Å². The molecule has 10 heteroatoms. The van der Waals surface area contributed by atoms with Crippen LogP contribution in [0.4, 0.5) is 4.39 Å². The van der Waals surface area contributed by atoms with E-state index in [9.17, 15) is 14.3 Å². The summed E-state index contributed by atoms with van der Waals surface area (Å²) in [6, 6.07) is -0.969. The molecule has 3 rings (SSSR count). The minimum Gasteiger partial charge on any atom is -0.394 e. The number of nitrogens with zero attached hydrogens (tertiary/aromatic N) is 4. The van der Waals surface area contributed by atoms with Crippen molar-refractivity contribution >= 4 is 24.0 Å². The van der Waals surface area contributed by atoms with E-state index in [1.807, 2.05) is 0 Å². The van der Waals surface area contributed by atoms with Crippen LogP contribution in [0.5, 0.6) is 0 Å². The molecular formula is C10H12FN5O4. The second-order valence-corrected chi connectivity index (χ2v) is 4.54. The molecule has 3 aliphatic heterocycles. The average molecular weight is 285 g/mol. The number of aliphatic hydroxyl groups excluding tert-OH is 2. The fourth-order valence-corrected chi connectivity index (χ4v) is 2.29. The third-order valence-corrected chi connectivity index (χ3v) is 3.28. The van der Waals surface area contributed by atoms with E-state index in [4.69, 9.17) is 15.6 Å². The molecule has 0 aromatic rings. The molecule has 20 heavy (non-hydrogen) atoms. The summed E-state index contributed by atoms with van der Waals surface area (Å²) in [7, 11) is 0. The Morgan fingerprint density at radius 2 is 2.25 bits per heavy atom. The lowest BCUT2D eigenvalue weighted by molar-refractivity contribution is -0.117. The average Bonchev–Trinajstić information content (AvgIpc) is 2.93. The van der Waals surface area contributed by atoms with Gasteiger partial charge in [0.1, 0.15) is 12.2 Å². The third-order valence-electron chi connectivity index (χ3n) is 3.28. The summed E-state index contributed by atoms with van der Waals surface area (Å²) in [6.07, 6.45) is -4.33. The topological polar surface area (TPSA) is 133 Å². The quantitative estimate of drug-likeness (QED) is 0.508. The number of hydrogen-bond acceptors (Lipinski definition) is 8. The molecule has 108 valence electrons. The summed E-state index contributed by atoms with van der Waals surface area (Å²) in [4.78, 5) is 24.0. The second-order valence-electron chi connectivity index (χ2n) is 4.54. The Hall–Kier alpha value is -1.91. The first-order valence-electron chi connectivity index (χ1n) is 5.89. The molecule has 0 radical (unpaired) electrons. The van der Waals surface area contributed by atoms with Gasteiger partial charge in [0.2, 0.25) is 5.96 Å². The van der Waals surface area contributed by atoms with Crippen LogP contribution in [0.2, 0.25) is 0 Å². The zero-order valence-electron chi connectivity index (χ0n) is 10.1. The SMILES string of the molecule is NC1=NC(=O)[C@@H]2N=CN([C@H]3O[C@@H](CO)[C@@H](O)[C@H]3F)C2=N1. The summed E-state index contributed by atoms with van der Waals surface area (Å²) in [5.74, 6) is -0.746. The van der Waals surface area contributed by atoms with Crippen molar-refractivity contribution in [1.29, 1.82) is 0 Å². The van der Waals surface area contributed by atoms with Crippen LogP contribution >= 0.6 is 0 Å². The molecule has 3 aliphatic rings. The summed E-state index contributed by atoms with van der Waals surface area (Å²) < 4.78 is 19.3. The van der Waals surface area contributed by atoms with Crippen molar-refractivity contribution in [2.45, 2.75) is 30.6 Å². The number of ether oxygens (including phenoxy) is 1. The number of nitrogens with two attached hydrogens (primary N) is 1. The number of alkyl halides is 1. The van der Waals surface area contributed by atoms with Gasteiger partial charge in [0.05, 0.1) is 12.9 Å². The number of aliphatic imine (C=N–C) groups is 3. The first-order valence-corrected chi connectivity index (χ1v) is 5.89. The van der Waals surface area contributed by atoms with E-state index < -0.39 is 43.2 Å². The van der Waals surface area contributed by atoms with Gasteiger partial charge in [-0.25, -0.2) is 4.39 Å². The van der Waals surface area contributed by atoms with E-state index in [1.165, 1.54) is 11.2 Å². The Balaban J connectivity index is 1.87. The summed E-state index contributed by atoms with van der Waals surface area (Å²) >= 11 is 0. The molecular weight excluding hydrogens is 273 g/mol. The Kier molecular flexibility index (Phi) is 3.00. The zero-order chi connectivity index (χ0) is 14.4. The maximum absolute atomic E-state index is 14.0. The molecule has 0 aliphatic carbocycles. The van der Waals surface area contributed by atoms with Crippen LogP contribution in [0.3, 0.4) is 0 Å². The summed E-state index contributed by atoms with van der Waals surface area (Å²) in [6.45, 7) is -0.526. The van der Waals surface area contributed by atoms with Crippen LogP contribution < -0.4 is 5.73 Å². The Morgan fingerprint density at radius 3 is 2.90 bits per heavy atom. The highest BCUT2D eigenvalue weighted by Gasteiger charge is 2.50. The van der Waals surface area contributed by atoms with Gasteiger partial charge >= 0.3 is 0 Å². The maximum Gasteiger partial charge on any atom is 0.281 e. The van der Waals surface area contributed by atoms with E-state index >= 15 is 0 Å². The molecule has 0 aromatic heterocycles. The molecule has 4 N–H and O–H groups in total. The van der Waals surface area contributed by atoms with E-state index in [0.29, 0.717) is 0 Å². The number of carbonyl (C=O) groups excluding carboxylic acids is 1. The van der Waals surface area contributed by atoms with Gasteiger partial charge in [-0.2, -0.15) is 9.98 Å². The molecule has 5 atom stereocenters. The molecule has 3 heterocycles. The molecule has 0 spiro atoms. The standard InChI is InChI=1S/C10H12FN5O4/c11-4-6(18)3(1-17)20-9(4)16-2-13-5-7(16)14-10(12)15-8(5)19/h2-6,9,17-18H,1H2,(H2,12,15,19)/t3-,4+,5+,6+,9-/m0/s1. The Bertz CT molecular complexity index is 536. The van der Waals surface area contributed by atoms with Crippen LogP contribution in [0, 0.1) is 0 Å². The smallest absolute Gasteiger partial charge is 0.281 e. The Morgan fingerprint density at radius 1 is 1.50 bits per heavy atom. The van der Waals surface area contributed by atoms with Gasteiger partial charge in [0, 0.05) is 0 Å². The van der Waals surface area contributed by atoms with Crippen LogP contribution in [-0.4, -0.2) is 76.4 Å². The van der Waals surface area contributed by atoms with E-state index in [2.05, 4.69) is 15.0 Å². The van der Waals surface area contributed by atoms with Gasteiger partial charge in [-0.1, -0.05) is 0 Å². The number of guanidine groups is 1. The number of aliphatic hydroxyl groups is 2. The maximum atomic E-state index is 14.0. The number of halogens is 1.